The molecule has 7 heteroatoms. The number of ether oxygens (including phenoxy) is 1. The average Bonchev–Trinajstić information content (AvgIpc) is 3.02. The highest BCUT2D eigenvalue weighted by Gasteiger charge is 2.20. The third kappa shape index (κ3) is 3.36. The highest BCUT2D eigenvalue weighted by atomic mass is 32.2. The molecule has 0 radical (unpaired) electrons. The molecule has 3 rings (SSSR count). The van der Waals surface area contributed by atoms with Gasteiger partial charge in [-0.05, 0) is 25.0 Å². The van der Waals surface area contributed by atoms with Gasteiger partial charge in [-0.25, -0.2) is 4.21 Å². The molecule has 2 aromatic rings. The summed E-state index contributed by atoms with van der Waals surface area (Å²) in [6.45, 7) is 6.75. The molecule has 1 fully saturated rings. The molecule has 1 saturated heterocycles. The van der Waals surface area contributed by atoms with Crippen LogP contribution in [0.2, 0.25) is 0 Å². The number of rotatable bonds is 4. The Morgan fingerprint density at radius 1 is 1.23 bits per heavy atom. The van der Waals surface area contributed by atoms with Gasteiger partial charge in [-0.3, -0.25) is 0 Å². The normalized spacial score (nSPS) is 16.7. The predicted molar refractivity (Wildman–Crippen MR) is 83.4 cm³/mol. The minimum absolute atomic E-state index is 0.183. The molecule has 1 aliphatic rings. The van der Waals surface area contributed by atoms with Crippen molar-refractivity contribution in [3.05, 3.63) is 34.9 Å². The van der Waals surface area contributed by atoms with Crippen LogP contribution in [0.15, 0.2) is 27.8 Å². The van der Waals surface area contributed by atoms with Crippen LogP contribution in [0.25, 0.3) is 0 Å². The van der Waals surface area contributed by atoms with E-state index in [1.165, 1.54) is 0 Å². The molecule has 0 aliphatic carbocycles. The SMILES string of the molecule is Cc1ccc(C)c(CS(=O)c2nnc(N3CCOCC3)o2)c1. The molecule has 2 heterocycles. The van der Waals surface area contributed by atoms with Gasteiger partial charge in [0.15, 0.2) is 0 Å². The van der Waals surface area contributed by atoms with Crippen molar-refractivity contribution in [2.45, 2.75) is 24.8 Å². The lowest BCUT2D eigenvalue weighted by molar-refractivity contribution is 0.120. The molecule has 0 N–H and O–H groups in total. The molecule has 22 heavy (non-hydrogen) atoms. The molecule has 1 aromatic carbocycles. The molecular formula is C15H19N3O3S. The summed E-state index contributed by atoms with van der Waals surface area (Å²) in [5, 5.41) is 8.13. The van der Waals surface area contributed by atoms with Gasteiger partial charge < -0.3 is 14.1 Å². The topological polar surface area (TPSA) is 68.5 Å². The van der Waals surface area contributed by atoms with Gasteiger partial charge >= 0.3 is 11.2 Å². The summed E-state index contributed by atoms with van der Waals surface area (Å²) >= 11 is 0. The first-order valence-electron chi connectivity index (χ1n) is 7.24. The van der Waals surface area contributed by atoms with E-state index >= 15 is 0 Å². The van der Waals surface area contributed by atoms with E-state index in [1.54, 1.807) is 0 Å². The third-order valence-electron chi connectivity index (χ3n) is 3.66. The maximum atomic E-state index is 12.4. The Morgan fingerprint density at radius 3 is 2.77 bits per heavy atom. The van der Waals surface area contributed by atoms with Crippen LogP contribution in [0.4, 0.5) is 6.01 Å². The summed E-state index contributed by atoms with van der Waals surface area (Å²) in [6.07, 6.45) is 0. The molecule has 1 aliphatic heterocycles. The Bertz CT molecular complexity index is 680. The standard InChI is InChI=1S/C15H19N3O3S/c1-11-3-4-12(2)13(9-11)10-22(19)15-17-16-14(21-15)18-5-7-20-8-6-18/h3-4,9H,5-8,10H2,1-2H3. The highest BCUT2D eigenvalue weighted by molar-refractivity contribution is 7.84. The Labute approximate surface area is 131 Å². The van der Waals surface area contributed by atoms with E-state index in [1.807, 2.05) is 36.9 Å². The van der Waals surface area contributed by atoms with Gasteiger partial charge in [0.2, 0.25) is 0 Å². The lowest BCUT2D eigenvalue weighted by Crippen LogP contribution is -2.36. The zero-order valence-corrected chi connectivity index (χ0v) is 13.6. The van der Waals surface area contributed by atoms with Crippen molar-refractivity contribution in [2.24, 2.45) is 0 Å². The van der Waals surface area contributed by atoms with Crippen molar-refractivity contribution < 1.29 is 13.4 Å². The van der Waals surface area contributed by atoms with Gasteiger partial charge in [-0.2, -0.15) is 0 Å². The number of hydrogen-bond acceptors (Lipinski definition) is 6. The fourth-order valence-electron chi connectivity index (χ4n) is 2.34. The highest BCUT2D eigenvalue weighted by Crippen LogP contribution is 2.19. The van der Waals surface area contributed by atoms with Crippen molar-refractivity contribution in [3.63, 3.8) is 0 Å². The number of morpholine rings is 1. The summed E-state index contributed by atoms with van der Waals surface area (Å²) < 4.78 is 23.3. The Morgan fingerprint density at radius 2 is 2.00 bits per heavy atom. The number of benzene rings is 1. The predicted octanol–water partition coefficient (Wildman–Crippen LogP) is 1.83. The van der Waals surface area contributed by atoms with Crippen LogP contribution in [0, 0.1) is 13.8 Å². The van der Waals surface area contributed by atoms with Crippen LogP contribution >= 0.6 is 0 Å². The minimum atomic E-state index is -1.33. The van der Waals surface area contributed by atoms with Crippen LogP contribution < -0.4 is 4.90 Å². The van der Waals surface area contributed by atoms with E-state index in [4.69, 9.17) is 9.15 Å². The van der Waals surface area contributed by atoms with Crippen molar-refractivity contribution in [3.8, 4) is 0 Å². The molecular weight excluding hydrogens is 302 g/mol. The second kappa shape index (κ2) is 6.58. The summed E-state index contributed by atoms with van der Waals surface area (Å²) in [5.41, 5.74) is 3.31. The second-order valence-corrected chi connectivity index (χ2v) is 6.70. The summed E-state index contributed by atoms with van der Waals surface area (Å²) in [4.78, 5) is 1.95. The molecule has 0 saturated carbocycles. The van der Waals surface area contributed by atoms with E-state index in [-0.39, 0.29) is 5.22 Å². The zero-order chi connectivity index (χ0) is 15.5. The lowest BCUT2D eigenvalue weighted by Gasteiger charge is -2.24. The van der Waals surface area contributed by atoms with Gasteiger partial charge in [-0.1, -0.05) is 34.0 Å². The molecule has 1 unspecified atom stereocenters. The van der Waals surface area contributed by atoms with E-state index in [2.05, 4.69) is 10.2 Å². The van der Waals surface area contributed by atoms with E-state index < -0.39 is 10.8 Å². The van der Waals surface area contributed by atoms with Crippen LogP contribution in [0.3, 0.4) is 0 Å². The maximum Gasteiger partial charge on any atom is 0.319 e. The quantitative estimate of drug-likeness (QED) is 0.856. The van der Waals surface area contributed by atoms with Crippen molar-refractivity contribution in [1.82, 2.24) is 10.2 Å². The zero-order valence-electron chi connectivity index (χ0n) is 12.7. The van der Waals surface area contributed by atoms with Gasteiger partial charge in [0, 0.05) is 13.1 Å². The van der Waals surface area contributed by atoms with Crippen LogP contribution in [0.5, 0.6) is 0 Å². The second-order valence-electron chi connectivity index (χ2n) is 5.37. The van der Waals surface area contributed by atoms with Gasteiger partial charge in [0.1, 0.15) is 10.8 Å². The smallest absolute Gasteiger partial charge is 0.319 e. The van der Waals surface area contributed by atoms with Gasteiger partial charge in [0.25, 0.3) is 0 Å². The lowest BCUT2D eigenvalue weighted by atomic mass is 10.1. The summed E-state index contributed by atoms with van der Waals surface area (Å²) in [6, 6.07) is 6.55. The van der Waals surface area contributed by atoms with Crippen LogP contribution in [-0.4, -0.2) is 40.7 Å². The number of nitrogens with zero attached hydrogens (tertiary/aromatic N) is 3. The minimum Gasteiger partial charge on any atom is -0.396 e. The molecule has 6 nitrogen and oxygen atoms in total. The monoisotopic (exact) mass is 321 g/mol. The Hall–Kier alpha value is -1.73. The summed E-state index contributed by atoms with van der Waals surface area (Å²) in [7, 11) is -1.33. The molecule has 0 spiro atoms. The van der Waals surface area contributed by atoms with Crippen molar-refractivity contribution >= 4 is 16.8 Å². The third-order valence-corrected chi connectivity index (χ3v) is 4.79. The first-order valence-corrected chi connectivity index (χ1v) is 8.56. The molecule has 0 bridgehead atoms. The number of aryl methyl sites for hydroxylation is 2. The van der Waals surface area contributed by atoms with E-state index in [0.717, 1.165) is 16.7 Å². The molecule has 0 amide bonds. The van der Waals surface area contributed by atoms with Crippen LogP contribution in [0.1, 0.15) is 16.7 Å². The molecule has 1 aromatic heterocycles. The summed E-state index contributed by atoms with van der Waals surface area (Å²) in [5.74, 6) is 0.387. The van der Waals surface area contributed by atoms with Crippen LogP contribution in [-0.2, 0) is 21.3 Å². The average molecular weight is 321 g/mol. The van der Waals surface area contributed by atoms with Crippen molar-refractivity contribution in [2.75, 3.05) is 31.2 Å². The first-order chi connectivity index (χ1) is 10.6. The Balaban J connectivity index is 1.72. The van der Waals surface area contributed by atoms with E-state index in [0.29, 0.717) is 38.1 Å². The van der Waals surface area contributed by atoms with E-state index in [9.17, 15) is 4.21 Å². The van der Waals surface area contributed by atoms with Crippen molar-refractivity contribution in [1.29, 1.82) is 0 Å². The maximum absolute atomic E-state index is 12.4. The fraction of sp³-hybridized carbons (Fsp3) is 0.467. The molecule has 118 valence electrons. The fourth-order valence-corrected chi connectivity index (χ4v) is 3.35. The largest absolute Gasteiger partial charge is 0.396 e. The number of hydrogen-bond donors (Lipinski definition) is 0. The molecule has 1 atom stereocenters. The van der Waals surface area contributed by atoms with Gasteiger partial charge in [-0.15, -0.1) is 0 Å². The Kier molecular flexibility index (Phi) is 4.54. The number of aromatic nitrogens is 2. The van der Waals surface area contributed by atoms with Gasteiger partial charge in [0.05, 0.1) is 19.0 Å². The first kappa shape index (κ1) is 15.2. The number of anilines is 1.